The lowest BCUT2D eigenvalue weighted by atomic mass is 10.0. The number of rotatable bonds is 18. The van der Waals surface area contributed by atoms with Gasteiger partial charge in [-0.3, -0.25) is 9.59 Å². The maximum Gasteiger partial charge on any atom is 0.311 e. The van der Waals surface area contributed by atoms with Crippen molar-refractivity contribution in [3.63, 3.8) is 0 Å². The molecule has 0 saturated carbocycles. The number of carbonyl (C=O) groups excluding carboxylic acids is 1. The van der Waals surface area contributed by atoms with Gasteiger partial charge in [-0.05, 0) is 61.9 Å². The number of ether oxygens (including phenoxy) is 2. The van der Waals surface area contributed by atoms with Gasteiger partial charge in [0.05, 0.1) is 18.1 Å². The minimum Gasteiger partial charge on any atom is -0.504 e. The van der Waals surface area contributed by atoms with Crippen LogP contribution in [-0.2, 0) is 4.79 Å². The van der Waals surface area contributed by atoms with Crippen molar-refractivity contribution in [1.29, 1.82) is 0 Å². The summed E-state index contributed by atoms with van der Waals surface area (Å²) in [7, 11) is 1.46. The van der Waals surface area contributed by atoms with Gasteiger partial charge in [0.25, 0.3) is 0 Å². The van der Waals surface area contributed by atoms with Crippen LogP contribution in [0, 0.1) is 0 Å². The molecule has 40 heavy (non-hydrogen) atoms. The molecular formula is C34H44O6. The maximum absolute atomic E-state index is 13.0. The van der Waals surface area contributed by atoms with Crippen molar-refractivity contribution in [3.05, 3.63) is 65.0 Å². The lowest BCUT2D eigenvalue weighted by Crippen LogP contribution is -2.08. The first-order valence-corrected chi connectivity index (χ1v) is 14.8. The normalized spacial score (nSPS) is 11.3. The monoisotopic (exact) mass is 548 g/mol. The Morgan fingerprint density at radius 2 is 1.55 bits per heavy atom. The number of fused-ring (bicyclic) bond motifs is 1. The molecule has 0 atom stereocenters. The van der Waals surface area contributed by atoms with Crippen molar-refractivity contribution in [1.82, 2.24) is 0 Å². The molecule has 0 spiro atoms. The maximum atomic E-state index is 13.0. The van der Waals surface area contributed by atoms with Gasteiger partial charge in [-0.1, -0.05) is 76.5 Å². The Kier molecular flexibility index (Phi) is 13.3. The molecule has 6 nitrogen and oxygen atoms in total. The minimum absolute atomic E-state index is 0.0620. The highest BCUT2D eigenvalue weighted by molar-refractivity contribution is 5.84. The molecule has 1 heterocycles. The highest BCUT2D eigenvalue weighted by Crippen LogP contribution is 2.31. The van der Waals surface area contributed by atoms with Crippen molar-refractivity contribution >= 4 is 16.9 Å². The first-order chi connectivity index (χ1) is 19.5. The van der Waals surface area contributed by atoms with Gasteiger partial charge in [0.2, 0.25) is 0 Å². The van der Waals surface area contributed by atoms with Crippen LogP contribution in [-0.4, -0.2) is 18.2 Å². The Morgan fingerprint density at radius 1 is 0.875 bits per heavy atom. The van der Waals surface area contributed by atoms with E-state index in [4.69, 9.17) is 13.9 Å². The van der Waals surface area contributed by atoms with Crippen molar-refractivity contribution in [2.45, 2.75) is 96.8 Å². The number of phenols is 1. The van der Waals surface area contributed by atoms with Crippen LogP contribution in [0.1, 0.15) is 96.8 Å². The van der Waals surface area contributed by atoms with Gasteiger partial charge in [-0.2, -0.15) is 0 Å². The molecule has 0 amide bonds. The number of phenolic OH excluding ortho intramolecular Hbond substituents is 1. The standard InChI is InChI=1S/C34H44O6/c1-3-4-5-6-7-8-9-10-11-12-13-14-15-16-17-18-33(36)40-27-20-21-28-32(24-27)39-25-29(34(28)37)26-19-22-31(38-2)30(35)23-26/h10-11,19-25,35H,3-9,12-18H2,1-2H3/b11-10-. The predicted octanol–water partition coefficient (Wildman–Crippen LogP) is 9.12. The molecule has 6 heteroatoms. The van der Waals surface area contributed by atoms with Crippen molar-refractivity contribution in [3.8, 4) is 28.4 Å². The molecule has 3 aromatic rings. The molecular weight excluding hydrogens is 504 g/mol. The Labute approximate surface area is 238 Å². The third-order valence-corrected chi connectivity index (χ3v) is 7.11. The lowest BCUT2D eigenvalue weighted by molar-refractivity contribution is -0.134. The predicted molar refractivity (Wildman–Crippen MR) is 161 cm³/mol. The summed E-state index contributed by atoms with van der Waals surface area (Å²) in [5.41, 5.74) is 0.929. The van der Waals surface area contributed by atoms with Crippen LogP contribution in [0.15, 0.2) is 64.0 Å². The fraction of sp³-hybridized carbons (Fsp3) is 0.471. The Balaban J connectivity index is 1.35. The number of unbranched alkanes of at least 4 members (excludes halogenated alkanes) is 11. The van der Waals surface area contributed by atoms with E-state index in [9.17, 15) is 14.7 Å². The highest BCUT2D eigenvalue weighted by atomic mass is 16.5. The number of carbonyl (C=O) groups is 1. The summed E-state index contributed by atoms with van der Waals surface area (Å²) in [6, 6.07) is 9.49. The van der Waals surface area contributed by atoms with Crippen LogP contribution in [0.4, 0.5) is 0 Å². The molecule has 0 aliphatic heterocycles. The van der Waals surface area contributed by atoms with Gasteiger partial charge in [-0.25, -0.2) is 0 Å². The topological polar surface area (TPSA) is 86.0 Å². The number of hydrogen-bond acceptors (Lipinski definition) is 6. The van der Waals surface area contributed by atoms with Crippen LogP contribution in [0.5, 0.6) is 17.2 Å². The van der Waals surface area contributed by atoms with Crippen molar-refractivity contribution in [2.24, 2.45) is 0 Å². The number of hydrogen-bond donors (Lipinski definition) is 1. The molecule has 0 aliphatic carbocycles. The van der Waals surface area contributed by atoms with E-state index in [0.717, 1.165) is 25.7 Å². The first-order valence-electron chi connectivity index (χ1n) is 14.8. The third kappa shape index (κ3) is 9.89. The van der Waals surface area contributed by atoms with Crippen LogP contribution >= 0.6 is 0 Å². The first kappa shape index (κ1) is 31.0. The zero-order valence-electron chi connectivity index (χ0n) is 24.1. The van der Waals surface area contributed by atoms with E-state index in [1.54, 1.807) is 30.3 Å². The molecule has 1 aromatic heterocycles. The molecule has 3 rings (SSSR count). The van der Waals surface area contributed by atoms with E-state index in [0.29, 0.717) is 40.0 Å². The second-order valence-electron chi connectivity index (χ2n) is 10.3. The van der Waals surface area contributed by atoms with Crippen LogP contribution in [0.2, 0.25) is 0 Å². The van der Waals surface area contributed by atoms with Gasteiger partial charge in [0.15, 0.2) is 16.9 Å². The number of allylic oxidation sites excluding steroid dienone is 2. The largest absolute Gasteiger partial charge is 0.504 e. The Morgan fingerprint density at radius 3 is 2.23 bits per heavy atom. The van der Waals surface area contributed by atoms with Crippen LogP contribution in [0.25, 0.3) is 22.1 Å². The average molecular weight is 549 g/mol. The summed E-state index contributed by atoms with van der Waals surface area (Å²) >= 11 is 0. The van der Waals surface area contributed by atoms with Crippen LogP contribution in [0.3, 0.4) is 0 Å². The summed E-state index contributed by atoms with van der Waals surface area (Å²) in [5.74, 6) is 0.322. The lowest BCUT2D eigenvalue weighted by Gasteiger charge is -2.08. The van der Waals surface area contributed by atoms with Gasteiger partial charge in [0.1, 0.15) is 17.6 Å². The third-order valence-electron chi connectivity index (χ3n) is 7.11. The summed E-state index contributed by atoms with van der Waals surface area (Å²) in [6.45, 7) is 2.25. The SMILES string of the molecule is CCCCCCCC/C=C\CCCCCCCC(=O)Oc1ccc2c(=O)c(-c3ccc(OC)c(O)c3)coc2c1. The molecule has 0 radical (unpaired) electrons. The number of benzene rings is 2. The molecule has 2 aromatic carbocycles. The molecule has 0 bridgehead atoms. The summed E-state index contributed by atoms with van der Waals surface area (Å²) in [4.78, 5) is 25.3. The van der Waals surface area contributed by atoms with E-state index in [1.807, 2.05) is 0 Å². The fourth-order valence-electron chi connectivity index (χ4n) is 4.75. The van der Waals surface area contributed by atoms with E-state index in [2.05, 4.69) is 19.1 Å². The number of aromatic hydroxyl groups is 1. The highest BCUT2D eigenvalue weighted by Gasteiger charge is 2.13. The molecule has 0 saturated heterocycles. The molecule has 0 aliphatic rings. The average Bonchev–Trinajstić information content (AvgIpc) is 2.95. The van der Waals surface area contributed by atoms with E-state index in [1.165, 1.54) is 77.2 Å². The van der Waals surface area contributed by atoms with Gasteiger partial charge >= 0.3 is 5.97 Å². The van der Waals surface area contributed by atoms with Gasteiger partial charge in [-0.15, -0.1) is 0 Å². The zero-order valence-corrected chi connectivity index (χ0v) is 24.1. The number of methoxy groups -OCH3 is 1. The Hall–Kier alpha value is -3.54. The Bertz CT molecular complexity index is 1290. The molecule has 216 valence electrons. The van der Waals surface area contributed by atoms with Gasteiger partial charge in [0, 0.05) is 12.5 Å². The van der Waals surface area contributed by atoms with Crippen molar-refractivity contribution in [2.75, 3.05) is 7.11 Å². The summed E-state index contributed by atoms with van der Waals surface area (Å²) < 4.78 is 16.2. The summed E-state index contributed by atoms with van der Waals surface area (Å²) in [6.07, 6.45) is 22.1. The minimum atomic E-state index is -0.287. The fourth-order valence-corrected chi connectivity index (χ4v) is 4.75. The van der Waals surface area contributed by atoms with E-state index >= 15 is 0 Å². The molecule has 0 fully saturated rings. The van der Waals surface area contributed by atoms with E-state index in [-0.39, 0.29) is 17.1 Å². The second kappa shape index (κ2) is 17.2. The second-order valence-corrected chi connectivity index (χ2v) is 10.3. The van der Waals surface area contributed by atoms with Crippen LogP contribution < -0.4 is 14.9 Å². The quantitative estimate of drug-likeness (QED) is 0.0738. The van der Waals surface area contributed by atoms with Gasteiger partial charge < -0.3 is 19.0 Å². The van der Waals surface area contributed by atoms with Crippen molar-refractivity contribution < 1.29 is 23.8 Å². The smallest absolute Gasteiger partial charge is 0.311 e. The van der Waals surface area contributed by atoms with E-state index < -0.39 is 0 Å². The zero-order chi connectivity index (χ0) is 28.6. The molecule has 0 unspecified atom stereocenters. The summed E-state index contributed by atoms with van der Waals surface area (Å²) in [5, 5.41) is 10.4. The number of esters is 1. The molecule has 1 N–H and O–H groups in total.